The summed E-state index contributed by atoms with van der Waals surface area (Å²) in [5.41, 5.74) is 0.123. The predicted octanol–water partition coefficient (Wildman–Crippen LogP) is 3.51. The summed E-state index contributed by atoms with van der Waals surface area (Å²) in [5, 5.41) is 11.0. The summed E-state index contributed by atoms with van der Waals surface area (Å²) in [7, 11) is 0. The molecule has 0 fully saturated rings. The van der Waals surface area contributed by atoms with Crippen molar-refractivity contribution in [3.05, 3.63) is 45.9 Å². The lowest BCUT2D eigenvalue weighted by Crippen LogP contribution is -2.15. The van der Waals surface area contributed by atoms with Crippen molar-refractivity contribution in [1.29, 1.82) is 0 Å². The first kappa shape index (κ1) is 14.0. The van der Waals surface area contributed by atoms with E-state index in [1.165, 1.54) is 11.3 Å². The van der Waals surface area contributed by atoms with E-state index in [1.807, 2.05) is 37.3 Å². The first-order valence-corrected chi connectivity index (χ1v) is 7.21. The first-order valence-electron chi connectivity index (χ1n) is 6.40. The monoisotopic (exact) mass is 277 g/mol. The van der Waals surface area contributed by atoms with E-state index >= 15 is 0 Å². The minimum Gasteiger partial charge on any atom is -0.486 e. The quantitative estimate of drug-likeness (QED) is 0.909. The molecule has 0 saturated carbocycles. The molecule has 2 aromatic rings. The molecule has 0 radical (unpaired) electrons. The van der Waals surface area contributed by atoms with Crippen LogP contribution in [-0.4, -0.2) is 10.1 Å². The number of aryl methyl sites for hydroxylation is 1. The van der Waals surface area contributed by atoms with Gasteiger partial charge in [-0.3, -0.25) is 0 Å². The van der Waals surface area contributed by atoms with Gasteiger partial charge in [0.15, 0.2) is 0 Å². The van der Waals surface area contributed by atoms with Gasteiger partial charge in [0.1, 0.15) is 17.4 Å². The van der Waals surface area contributed by atoms with Crippen molar-refractivity contribution in [3.63, 3.8) is 0 Å². The Kier molecular flexibility index (Phi) is 4.22. The third-order valence-corrected chi connectivity index (χ3v) is 4.12. The molecule has 2 rings (SSSR count). The molecule has 1 aromatic carbocycles. The predicted molar refractivity (Wildman–Crippen MR) is 77.5 cm³/mol. The van der Waals surface area contributed by atoms with Crippen molar-refractivity contribution in [3.8, 4) is 5.75 Å². The second kappa shape index (κ2) is 5.72. The highest BCUT2D eigenvalue weighted by Gasteiger charge is 2.24. The Balaban J connectivity index is 2.12. The Morgan fingerprint density at radius 2 is 1.95 bits per heavy atom. The first-order chi connectivity index (χ1) is 9.00. The fourth-order valence-electron chi connectivity index (χ4n) is 1.84. The molecule has 0 bridgehead atoms. The maximum absolute atomic E-state index is 10.1. The molecule has 0 aliphatic carbocycles. The normalized spacial score (nSPS) is 11.6. The Morgan fingerprint density at radius 3 is 2.47 bits per heavy atom. The van der Waals surface area contributed by atoms with Gasteiger partial charge in [-0.15, -0.1) is 11.3 Å². The zero-order chi connectivity index (χ0) is 13.9. The minimum absolute atomic E-state index is 0.442. The maximum atomic E-state index is 10.1. The molecule has 0 atom stereocenters. The molecule has 0 unspecified atom stereocenters. The number of hydrogen-bond donors (Lipinski definition) is 1. The molecule has 1 N–H and O–H groups in total. The van der Waals surface area contributed by atoms with E-state index in [4.69, 9.17) is 4.74 Å². The van der Waals surface area contributed by atoms with Crippen LogP contribution in [0.1, 0.15) is 36.3 Å². The molecular formula is C15H19NO2S. The Morgan fingerprint density at radius 1 is 1.26 bits per heavy atom. The van der Waals surface area contributed by atoms with Crippen molar-refractivity contribution < 1.29 is 9.84 Å². The van der Waals surface area contributed by atoms with Gasteiger partial charge in [-0.1, -0.05) is 25.1 Å². The molecule has 0 aliphatic heterocycles. The van der Waals surface area contributed by atoms with Crippen molar-refractivity contribution >= 4 is 11.3 Å². The van der Waals surface area contributed by atoms with Crippen LogP contribution in [0.3, 0.4) is 0 Å². The summed E-state index contributed by atoms with van der Waals surface area (Å²) in [6.45, 7) is 6.08. The van der Waals surface area contributed by atoms with Gasteiger partial charge in [0.25, 0.3) is 0 Å². The molecule has 3 nitrogen and oxygen atoms in total. The summed E-state index contributed by atoms with van der Waals surface area (Å²) in [6.07, 6.45) is 0.821. The number of para-hydroxylation sites is 1. The van der Waals surface area contributed by atoms with Crippen LogP contribution in [0.4, 0.5) is 0 Å². The van der Waals surface area contributed by atoms with Crippen LogP contribution in [0.2, 0.25) is 0 Å². The van der Waals surface area contributed by atoms with E-state index in [0.29, 0.717) is 6.61 Å². The number of hydrogen-bond acceptors (Lipinski definition) is 4. The molecule has 0 amide bonds. The highest BCUT2D eigenvalue weighted by Crippen LogP contribution is 2.30. The lowest BCUT2D eigenvalue weighted by atomic mass is 10.1. The number of nitrogens with zero attached hydrogens (tertiary/aromatic N) is 1. The summed E-state index contributed by atoms with van der Waals surface area (Å²) in [6, 6.07) is 9.68. The van der Waals surface area contributed by atoms with Gasteiger partial charge in [0.05, 0.1) is 16.2 Å². The van der Waals surface area contributed by atoms with Crippen LogP contribution in [0.15, 0.2) is 30.3 Å². The van der Waals surface area contributed by atoms with Gasteiger partial charge in [0.2, 0.25) is 0 Å². The fourth-order valence-corrected chi connectivity index (χ4v) is 2.91. The average Bonchev–Trinajstić information content (AvgIpc) is 2.81. The van der Waals surface area contributed by atoms with E-state index in [-0.39, 0.29) is 0 Å². The van der Waals surface area contributed by atoms with Crippen molar-refractivity contribution in [2.75, 3.05) is 0 Å². The zero-order valence-electron chi connectivity index (χ0n) is 11.5. The van der Waals surface area contributed by atoms with E-state index < -0.39 is 5.60 Å². The number of ether oxygens (including phenoxy) is 1. The highest BCUT2D eigenvalue weighted by atomic mass is 32.1. The van der Waals surface area contributed by atoms with Gasteiger partial charge < -0.3 is 9.84 Å². The van der Waals surface area contributed by atoms with E-state index in [1.54, 1.807) is 13.8 Å². The second-order valence-corrected chi connectivity index (χ2v) is 5.98. The largest absolute Gasteiger partial charge is 0.486 e. The van der Waals surface area contributed by atoms with E-state index in [2.05, 4.69) is 4.98 Å². The fraction of sp³-hybridized carbons (Fsp3) is 0.400. The van der Waals surface area contributed by atoms with Gasteiger partial charge in [-0.05, 0) is 32.4 Å². The lowest BCUT2D eigenvalue weighted by Gasteiger charge is -2.15. The summed E-state index contributed by atoms with van der Waals surface area (Å²) in [5.74, 6) is 0.834. The standard InChI is InChI=1S/C15H19NO2S/c1-4-12-14(15(2,3)17)19-13(16-12)10-18-11-8-6-5-7-9-11/h5-9,17H,4,10H2,1-3H3. The molecule has 0 aliphatic rings. The Bertz CT molecular complexity index is 529. The number of aliphatic hydroxyl groups is 1. The minimum atomic E-state index is -0.839. The molecular weight excluding hydrogens is 258 g/mol. The van der Waals surface area contributed by atoms with Crippen LogP contribution in [0, 0.1) is 0 Å². The number of thiazole rings is 1. The van der Waals surface area contributed by atoms with Crippen LogP contribution in [-0.2, 0) is 18.6 Å². The molecule has 0 spiro atoms. The molecule has 1 heterocycles. The molecule has 4 heteroatoms. The summed E-state index contributed by atoms with van der Waals surface area (Å²) >= 11 is 1.52. The van der Waals surface area contributed by atoms with Crippen LogP contribution < -0.4 is 4.74 Å². The third-order valence-electron chi connectivity index (χ3n) is 2.74. The highest BCUT2D eigenvalue weighted by molar-refractivity contribution is 7.11. The Hall–Kier alpha value is -1.39. The Labute approximate surface area is 117 Å². The SMILES string of the molecule is CCc1nc(COc2ccccc2)sc1C(C)(C)O. The summed E-state index contributed by atoms with van der Waals surface area (Å²) < 4.78 is 5.68. The average molecular weight is 277 g/mol. The second-order valence-electron chi connectivity index (χ2n) is 4.90. The smallest absolute Gasteiger partial charge is 0.140 e. The van der Waals surface area contributed by atoms with Gasteiger partial charge in [-0.25, -0.2) is 4.98 Å². The molecule has 1 aromatic heterocycles. The lowest BCUT2D eigenvalue weighted by molar-refractivity contribution is 0.0814. The molecule has 0 saturated heterocycles. The topological polar surface area (TPSA) is 42.4 Å². The van der Waals surface area contributed by atoms with Crippen LogP contribution in [0.5, 0.6) is 5.75 Å². The van der Waals surface area contributed by atoms with Gasteiger partial charge >= 0.3 is 0 Å². The van der Waals surface area contributed by atoms with E-state index in [9.17, 15) is 5.11 Å². The number of aromatic nitrogens is 1. The maximum Gasteiger partial charge on any atom is 0.140 e. The van der Waals surface area contributed by atoms with Crippen molar-refractivity contribution in [1.82, 2.24) is 4.98 Å². The van der Waals surface area contributed by atoms with Gasteiger partial charge in [-0.2, -0.15) is 0 Å². The number of benzene rings is 1. The van der Waals surface area contributed by atoms with E-state index in [0.717, 1.165) is 27.7 Å². The van der Waals surface area contributed by atoms with Crippen LogP contribution >= 0.6 is 11.3 Å². The third kappa shape index (κ3) is 3.55. The van der Waals surface area contributed by atoms with Gasteiger partial charge in [0, 0.05) is 0 Å². The van der Waals surface area contributed by atoms with Crippen molar-refractivity contribution in [2.24, 2.45) is 0 Å². The number of rotatable bonds is 5. The van der Waals surface area contributed by atoms with Crippen molar-refractivity contribution in [2.45, 2.75) is 39.4 Å². The summed E-state index contributed by atoms with van der Waals surface area (Å²) in [4.78, 5) is 5.48. The van der Waals surface area contributed by atoms with Crippen LogP contribution in [0.25, 0.3) is 0 Å². The molecule has 102 valence electrons. The zero-order valence-corrected chi connectivity index (χ0v) is 12.3. The molecule has 19 heavy (non-hydrogen) atoms.